The largest absolute Gasteiger partial charge is 0.486 e. The maximum absolute atomic E-state index is 13.3. The third kappa shape index (κ3) is 3.48. The fourth-order valence-electron chi connectivity index (χ4n) is 2.61. The Hall–Kier alpha value is -2.63. The van der Waals surface area contributed by atoms with Crippen LogP contribution in [0.15, 0.2) is 42.5 Å². The fourth-order valence-corrected chi connectivity index (χ4v) is 2.61. The molecular weight excluding hydrogens is 316 g/mol. The van der Waals surface area contributed by atoms with Gasteiger partial charge in [-0.2, -0.15) is 0 Å². The summed E-state index contributed by atoms with van der Waals surface area (Å²) in [6.07, 6.45) is -0.345. The van der Waals surface area contributed by atoms with Gasteiger partial charge in [0.1, 0.15) is 18.2 Å². The predicted molar refractivity (Wildman–Crippen MR) is 84.3 cm³/mol. The summed E-state index contributed by atoms with van der Waals surface area (Å²) < 4.78 is 38.1. The Morgan fingerprint density at radius 1 is 1.17 bits per heavy atom. The summed E-state index contributed by atoms with van der Waals surface area (Å²) in [6.45, 7) is 2.75. The van der Waals surface area contributed by atoms with Gasteiger partial charge in [-0.05, 0) is 31.2 Å². The van der Waals surface area contributed by atoms with E-state index in [-0.39, 0.29) is 18.2 Å². The SMILES string of the molecule is CCN(C[C@H]1COc2ccccc2O1)C(=O)c1cc(F)cc(F)c1. The van der Waals surface area contributed by atoms with Gasteiger partial charge in [-0.1, -0.05) is 12.1 Å². The first-order chi connectivity index (χ1) is 11.6. The van der Waals surface area contributed by atoms with E-state index in [0.29, 0.717) is 24.7 Å². The van der Waals surface area contributed by atoms with Crippen LogP contribution < -0.4 is 9.47 Å². The van der Waals surface area contributed by atoms with E-state index >= 15 is 0 Å². The van der Waals surface area contributed by atoms with Crippen LogP contribution in [0.1, 0.15) is 17.3 Å². The van der Waals surface area contributed by atoms with Crippen molar-refractivity contribution in [3.8, 4) is 11.5 Å². The van der Waals surface area contributed by atoms with Crippen molar-refractivity contribution in [3.05, 3.63) is 59.7 Å². The van der Waals surface area contributed by atoms with Crippen molar-refractivity contribution in [1.29, 1.82) is 0 Å². The molecule has 0 aliphatic carbocycles. The Labute approximate surface area is 138 Å². The van der Waals surface area contributed by atoms with Gasteiger partial charge >= 0.3 is 0 Å². The van der Waals surface area contributed by atoms with Crippen molar-refractivity contribution >= 4 is 5.91 Å². The minimum Gasteiger partial charge on any atom is -0.486 e. The summed E-state index contributed by atoms with van der Waals surface area (Å²) in [4.78, 5) is 14.0. The van der Waals surface area contributed by atoms with Crippen LogP contribution in [-0.2, 0) is 0 Å². The first-order valence-electron chi connectivity index (χ1n) is 7.70. The highest BCUT2D eigenvalue weighted by molar-refractivity contribution is 5.94. The zero-order chi connectivity index (χ0) is 17.1. The Balaban J connectivity index is 1.72. The van der Waals surface area contributed by atoms with Crippen molar-refractivity contribution in [2.45, 2.75) is 13.0 Å². The zero-order valence-electron chi connectivity index (χ0n) is 13.2. The van der Waals surface area contributed by atoms with Crippen molar-refractivity contribution in [1.82, 2.24) is 4.90 Å². The van der Waals surface area contributed by atoms with Gasteiger partial charge in [-0.15, -0.1) is 0 Å². The van der Waals surface area contributed by atoms with Gasteiger partial charge in [0.2, 0.25) is 0 Å². The van der Waals surface area contributed by atoms with E-state index in [1.54, 1.807) is 13.0 Å². The second-order valence-corrected chi connectivity index (χ2v) is 5.50. The maximum atomic E-state index is 13.3. The molecule has 0 fully saturated rings. The summed E-state index contributed by atoms with van der Waals surface area (Å²) in [5.41, 5.74) is -0.0218. The second-order valence-electron chi connectivity index (χ2n) is 5.50. The minimum atomic E-state index is -0.777. The maximum Gasteiger partial charge on any atom is 0.254 e. The van der Waals surface area contributed by atoms with Gasteiger partial charge in [-0.3, -0.25) is 4.79 Å². The van der Waals surface area contributed by atoms with E-state index in [1.165, 1.54) is 4.90 Å². The highest BCUT2D eigenvalue weighted by Crippen LogP contribution is 2.31. The average Bonchev–Trinajstić information content (AvgIpc) is 2.58. The molecular formula is C18H17F2NO3. The van der Waals surface area contributed by atoms with Crippen molar-refractivity contribution in [2.24, 2.45) is 0 Å². The Morgan fingerprint density at radius 2 is 1.83 bits per heavy atom. The number of carbonyl (C=O) groups is 1. The number of nitrogens with zero attached hydrogens (tertiary/aromatic N) is 1. The van der Waals surface area contributed by atoms with Crippen molar-refractivity contribution in [3.63, 3.8) is 0 Å². The zero-order valence-corrected chi connectivity index (χ0v) is 13.2. The lowest BCUT2D eigenvalue weighted by Gasteiger charge is -2.31. The molecule has 1 atom stereocenters. The van der Waals surface area contributed by atoms with E-state index < -0.39 is 17.5 Å². The monoisotopic (exact) mass is 333 g/mol. The number of hydrogen-bond acceptors (Lipinski definition) is 3. The summed E-state index contributed by atoms with van der Waals surface area (Å²) in [5, 5.41) is 0. The molecule has 1 aliphatic rings. The van der Waals surface area contributed by atoms with Crippen LogP contribution in [0.5, 0.6) is 11.5 Å². The van der Waals surface area contributed by atoms with E-state index in [0.717, 1.165) is 18.2 Å². The molecule has 2 aromatic rings. The smallest absolute Gasteiger partial charge is 0.254 e. The van der Waals surface area contributed by atoms with Gasteiger partial charge in [0.05, 0.1) is 6.54 Å². The number of hydrogen-bond donors (Lipinski definition) is 0. The van der Waals surface area contributed by atoms with Crippen LogP contribution in [0.4, 0.5) is 8.78 Å². The number of benzene rings is 2. The van der Waals surface area contributed by atoms with Crippen LogP contribution in [0.25, 0.3) is 0 Å². The van der Waals surface area contributed by atoms with Crippen molar-refractivity contribution in [2.75, 3.05) is 19.7 Å². The first-order valence-corrected chi connectivity index (χ1v) is 7.70. The number of amides is 1. The average molecular weight is 333 g/mol. The standard InChI is InChI=1S/C18H17F2NO3/c1-2-21(18(22)12-7-13(19)9-14(20)8-12)10-15-11-23-16-5-3-4-6-17(16)24-15/h3-9,15H,2,10-11H2,1H3/t15-/m0/s1. The molecule has 0 saturated heterocycles. The number of rotatable bonds is 4. The lowest BCUT2D eigenvalue weighted by atomic mass is 10.1. The molecule has 0 bridgehead atoms. The Kier molecular flexibility index (Phi) is 4.64. The van der Waals surface area contributed by atoms with Crippen LogP contribution in [-0.4, -0.2) is 36.6 Å². The van der Waals surface area contributed by atoms with E-state index in [2.05, 4.69) is 0 Å². The number of carbonyl (C=O) groups excluding carboxylic acids is 1. The van der Waals surface area contributed by atoms with Crippen molar-refractivity contribution < 1.29 is 23.0 Å². The molecule has 0 radical (unpaired) electrons. The Bertz CT molecular complexity index is 731. The van der Waals surface area contributed by atoms with Crippen LogP contribution in [0, 0.1) is 11.6 Å². The lowest BCUT2D eigenvalue weighted by molar-refractivity contribution is 0.0474. The molecule has 0 saturated carbocycles. The summed E-state index contributed by atoms with van der Waals surface area (Å²) in [7, 11) is 0. The van der Waals surface area contributed by atoms with Crippen LogP contribution in [0.2, 0.25) is 0 Å². The molecule has 0 unspecified atom stereocenters. The molecule has 3 rings (SSSR count). The highest BCUT2D eigenvalue weighted by Gasteiger charge is 2.25. The topological polar surface area (TPSA) is 38.8 Å². The molecule has 1 amide bonds. The number of likely N-dealkylation sites (N-methyl/N-ethyl adjacent to an activating group) is 1. The molecule has 0 aromatic heterocycles. The van der Waals surface area contributed by atoms with E-state index in [4.69, 9.17) is 9.47 Å². The van der Waals surface area contributed by atoms with E-state index in [1.807, 2.05) is 18.2 Å². The molecule has 4 nitrogen and oxygen atoms in total. The number of para-hydroxylation sites is 2. The normalized spacial score (nSPS) is 15.9. The fraction of sp³-hybridized carbons (Fsp3) is 0.278. The first kappa shape index (κ1) is 16.2. The molecule has 6 heteroatoms. The lowest BCUT2D eigenvalue weighted by Crippen LogP contribution is -2.43. The predicted octanol–water partition coefficient (Wildman–Crippen LogP) is 3.27. The molecule has 2 aromatic carbocycles. The third-order valence-corrected chi connectivity index (χ3v) is 3.77. The van der Waals surface area contributed by atoms with Gasteiger partial charge in [-0.25, -0.2) is 8.78 Å². The summed E-state index contributed by atoms with van der Waals surface area (Å²) in [5.74, 6) is -0.719. The molecule has 0 spiro atoms. The van der Waals surface area contributed by atoms with Gasteiger partial charge < -0.3 is 14.4 Å². The van der Waals surface area contributed by atoms with Crippen LogP contribution in [0.3, 0.4) is 0 Å². The summed E-state index contributed by atoms with van der Waals surface area (Å²) in [6, 6.07) is 10.1. The molecule has 1 heterocycles. The molecule has 126 valence electrons. The summed E-state index contributed by atoms with van der Waals surface area (Å²) >= 11 is 0. The molecule has 24 heavy (non-hydrogen) atoms. The highest BCUT2D eigenvalue weighted by atomic mass is 19.1. The second kappa shape index (κ2) is 6.86. The number of ether oxygens (including phenoxy) is 2. The van der Waals surface area contributed by atoms with Gasteiger partial charge in [0, 0.05) is 18.2 Å². The van der Waals surface area contributed by atoms with E-state index in [9.17, 15) is 13.6 Å². The van der Waals surface area contributed by atoms with Gasteiger partial charge in [0.25, 0.3) is 5.91 Å². The minimum absolute atomic E-state index is 0.0218. The Morgan fingerprint density at radius 3 is 2.50 bits per heavy atom. The number of fused-ring (bicyclic) bond motifs is 1. The van der Waals surface area contributed by atoms with Gasteiger partial charge in [0.15, 0.2) is 17.6 Å². The third-order valence-electron chi connectivity index (χ3n) is 3.77. The molecule has 0 N–H and O–H groups in total. The quantitative estimate of drug-likeness (QED) is 0.862. The number of halogens is 2. The molecule has 1 aliphatic heterocycles. The van der Waals surface area contributed by atoms with Crippen LogP contribution >= 0.6 is 0 Å².